The van der Waals surface area contributed by atoms with Crippen LogP contribution >= 0.6 is 0 Å². The maximum atomic E-state index is 11.9. The van der Waals surface area contributed by atoms with Gasteiger partial charge in [-0.1, -0.05) is 6.07 Å². The topological polar surface area (TPSA) is 71.5 Å². The van der Waals surface area contributed by atoms with Gasteiger partial charge in [0.1, 0.15) is 17.2 Å². The summed E-state index contributed by atoms with van der Waals surface area (Å²) in [5.74, 6) is 1.74. The number of rotatable bonds is 6. The average molecular weight is 400 g/mol. The summed E-state index contributed by atoms with van der Waals surface area (Å²) in [5.41, 5.74) is 2.68. The monoisotopic (exact) mass is 400 g/mol. The normalized spacial score (nSPS) is 14.5. The number of hydrogen-bond donors (Lipinski definition) is 1. The Bertz CT molecular complexity index is 847. The lowest BCUT2D eigenvalue weighted by Crippen LogP contribution is -2.48. The van der Waals surface area contributed by atoms with Gasteiger partial charge in [-0.25, -0.2) is 4.79 Å². The fourth-order valence-electron chi connectivity index (χ4n) is 3.46. The van der Waals surface area contributed by atoms with E-state index in [1.807, 2.05) is 30.3 Å². The van der Waals surface area contributed by atoms with Crippen LogP contribution in [0.25, 0.3) is 11.1 Å². The van der Waals surface area contributed by atoms with E-state index >= 15 is 0 Å². The number of hydrogen-bond acceptors (Lipinski definition) is 6. The van der Waals surface area contributed by atoms with Gasteiger partial charge in [0.05, 0.1) is 20.8 Å². The van der Waals surface area contributed by atoms with Gasteiger partial charge < -0.3 is 24.2 Å². The quantitative estimate of drug-likeness (QED) is 0.802. The van der Waals surface area contributed by atoms with E-state index in [2.05, 4.69) is 4.90 Å². The third-order valence-corrected chi connectivity index (χ3v) is 5.09. The molecule has 0 aromatic heterocycles. The standard InChI is InChI=1S/C22H28N2O5/c1-4-29-22(26)24-11-9-23(10-12-24)15-17-13-16(5-7-20(17)25)19-14-18(27-2)6-8-21(19)28-3/h5-8,13-14,25H,4,9-12,15H2,1-3H3. The smallest absolute Gasteiger partial charge is 0.409 e. The Morgan fingerprint density at radius 1 is 1.03 bits per heavy atom. The van der Waals surface area contributed by atoms with Gasteiger partial charge in [0.25, 0.3) is 0 Å². The Hall–Kier alpha value is -2.93. The number of aromatic hydroxyl groups is 1. The largest absolute Gasteiger partial charge is 0.508 e. The number of phenols is 1. The minimum Gasteiger partial charge on any atom is -0.508 e. The summed E-state index contributed by atoms with van der Waals surface area (Å²) < 4.78 is 15.9. The van der Waals surface area contributed by atoms with Crippen LogP contribution in [0, 0.1) is 0 Å². The molecule has 29 heavy (non-hydrogen) atoms. The summed E-state index contributed by atoms with van der Waals surface area (Å²) in [7, 11) is 3.26. The maximum Gasteiger partial charge on any atom is 0.409 e. The number of ether oxygens (including phenoxy) is 3. The number of benzene rings is 2. The molecule has 1 N–H and O–H groups in total. The van der Waals surface area contributed by atoms with Crippen molar-refractivity contribution in [3.05, 3.63) is 42.0 Å². The zero-order valence-electron chi connectivity index (χ0n) is 17.2. The zero-order valence-corrected chi connectivity index (χ0v) is 17.2. The van der Waals surface area contributed by atoms with Crippen LogP contribution in [-0.2, 0) is 11.3 Å². The first-order valence-electron chi connectivity index (χ1n) is 9.74. The average Bonchev–Trinajstić information content (AvgIpc) is 2.75. The summed E-state index contributed by atoms with van der Waals surface area (Å²) in [6, 6.07) is 11.2. The van der Waals surface area contributed by atoms with Crippen molar-refractivity contribution >= 4 is 6.09 Å². The van der Waals surface area contributed by atoms with E-state index < -0.39 is 0 Å². The molecule has 0 saturated carbocycles. The van der Waals surface area contributed by atoms with Gasteiger partial charge in [-0.15, -0.1) is 0 Å². The minimum absolute atomic E-state index is 0.253. The lowest BCUT2D eigenvalue weighted by atomic mass is 10.0. The van der Waals surface area contributed by atoms with Gasteiger partial charge in [0.2, 0.25) is 0 Å². The zero-order chi connectivity index (χ0) is 20.8. The summed E-state index contributed by atoms with van der Waals surface area (Å²) >= 11 is 0. The third-order valence-electron chi connectivity index (χ3n) is 5.09. The summed E-state index contributed by atoms with van der Waals surface area (Å²) in [6.45, 7) is 5.47. The van der Waals surface area contributed by atoms with E-state index in [0.717, 1.165) is 41.3 Å². The second-order valence-corrected chi connectivity index (χ2v) is 6.87. The van der Waals surface area contributed by atoms with E-state index in [4.69, 9.17) is 14.2 Å². The molecule has 1 aliphatic rings. The number of carbonyl (C=O) groups excluding carboxylic acids is 1. The van der Waals surface area contributed by atoms with Gasteiger partial charge in [-0.2, -0.15) is 0 Å². The first-order chi connectivity index (χ1) is 14.0. The Kier molecular flexibility index (Phi) is 6.82. The summed E-state index contributed by atoms with van der Waals surface area (Å²) in [5, 5.41) is 10.4. The molecule has 2 aromatic rings. The second-order valence-electron chi connectivity index (χ2n) is 6.87. The molecule has 0 radical (unpaired) electrons. The molecule has 7 heteroatoms. The Morgan fingerprint density at radius 3 is 2.45 bits per heavy atom. The molecular weight excluding hydrogens is 372 g/mol. The van der Waals surface area contributed by atoms with E-state index in [-0.39, 0.29) is 11.8 Å². The highest BCUT2D eigenvalue weighted by molar-refractivity contribution is 5.73. The molecule has 0 unspecified atom stereocenters. The van der Waals surface area contributed by atoms with Gasteiger partial charge >= 0.3 is 6.09 Å². The first-order valence-corrected chi connectivity index (χ1v) is 9.74. The maximum absolute atomic E-state index is 11.9. The van der Waals surface area contributed by atoms with Crippen LogP contribution in [0.1, 0.15) is 12.5 Å². The van der Waals surface area contributed by atoms with Crippen molar-refractivity contribution in [3.63, 3.8) is 0 Å². The van der Waals surface area contributed by atoms with Crippen LogP contribution in [0.3, 0.4) is 0 Å². The van der Waals surface area contributed by atoms with Gasteiger partial charge in [0.15, 0.2) is 0 Å². The fourth-order valence-corrected chi connectivity index (χ4v) is 3.46. The van der Waals surface area contributed by atoms with Crippen LogP contribution in [0.4, 0.5) is 4.79 Å². The molecule has 0 spiro atoms. The summed E-state index contributed by atoms with van der Waals surface area (Å²) in [4.78, 5) is 15.8. The molecule has 3 rings (SSSR count). The molecule has 1 aliphatic heterocycles. The second kappa shape index (κ2) is 9.52. The summed E-state index contributed by atoms with van der Waals surface area (Å²) in [6.07, 6.45) is -0.262. The van der Waals surface area contributed by atoms with Crippen molar-refractivity contribution in [2.24, 2.45) is 0 Å². The molecule has 1 amide bonds. The number of nitrogens with zero attached hydrogens (tertiary/aromatic N) is 2. The van der Waals surface area contributed by atoms with Crippen molar-refractivity contribution in [3.8, 4) is 28.4 Å². The lowest BCUT2D eigenvalue weighted by Gasteiger charge is -2.34. The highest BCUT2D eigenvalue weighted by Crippen LogP contribution is 2.35. The van der Waals surface area contributed by atoms with E-state index in [1.165, 1.54) is 0 Å². The highest BCUT2D eigenvalue weighted by atomic mass is 16.6. The van der Waals surface area contributed by atoms with E-state index in [9.17, 15) is 9.90 Å². The molecule has 1 heterocycles. The Morgan fingerprint density at radius 2 is 1.79 bits per heavy atom. The van der Waals surface area contributed by atoms with Crippen molar-refractivity contribution in [2.75, 3.05) is 47.0 Å². The van der Waals surface area contributed by atoms with Gasteiger partial charge in [-0.3, -0.25) is 4.90 Å². The van der Waals surface area contributed by atoms with E-state index in [0.29, 0.717) is 26.2 Å². The van der Waals surface area contributed by atoms with Crippen LogP contribution in [0.15, 0.2) is 36.4 Å². The highest BCUT2D eigenvalue weighted by Gasteiger charge is 2.22. The molecule has 0 bridgehead atoms. The molecule has 2 aromatic carbocycles. The third kappa shape index (κ3) is 4.92. The van der Waals surface area contributed by atoms with Crippen molar-refractivity contribution in [1.82, 2.24) is 9.80 Å². The van der Waals surface area contributed by atoms with E-state index in [1.54, 1.807) is 32.1 Å². The predicted molar refractivity (Wildman–Crippen MR) is 111 cm³/mol. The molecule has 1 saturated heterocycles. The Balaban J connectivity index is 1.75. The lowest BCUT2D eigenvalue weighted by molar-refractivity contribution is 0.0776. The van der Waals surface area contributed by atoms with Crippen molar-refractivity contribution < 1.29 is 24.1 Å². The minimum atomic E-state index is -0.262. The number of methoxy groups -OCH3 is 2. The SMILES string of the molecule is CCOC(=O)N1CCN(Cc2cc(-c3cc(OC)ccc3OC)ccc2O)CC1. The fraction of sp³-hybridized carbons (Fsp3) is 0.409. The number of amides is 1. The molecular formula is C22H28N2O5. The van der Waals surface area contributed by atoms with Crippen LogP contribution in [0.2, 0.25) is 0 Å². The van der Waals surface area contributed by atoms with Crippen molar-refractivity contribution in [1.29, 1.82) is 0 Å². The van der Waals surface area contributed by atoms with Gasteiger partial charge in [-0.05, 0) is 42.8 Å². The Labute approximate surface area is 171 Å². The van der Waals surface area contributed by atoms with Crippen molar-refractivity contribution in [2.45, 2.75) is 13.5 Å². The van der Waals surface area contributed by atoms with Crippen LogP contribution in [-0.4, -0.2) is 68.0 Å². The molecule has 0 atom stereocenters. The molecule has 156 valence electrons. The molecule has 1 fully saturated rings. The number of phenolic OH excluding ortho intramolecular Hbond substituents is 1. The number of piperazine rings is 1. The molecule has 7 nitrogen and oxygen atoms in total. The first kappa shape index (κ1) is 20.8. The predicted octanol–water partition coefficient (Wildman–Crippen LogP) is 3.35. The van der Waals surface area contributed by atoms with Crippen LogP contribution < -0.4 is 9.47 Å². The van der Waals surface area contributed by atoms with Gasteiger partial charge in [0, 0.05) is 43.9 Å². The van der Waals surface area contributed by atoms with Crippen LogP contribution in [0.5, 0.6) is 17.2 Å². The molecule has 0 aliphatic carbocycles. The number of carbonyl (C=O) groups is 1.